The fraction of sp³-hybridized carbons (Fsp3) is 0.476. The van der Waals surface area contributed by atoms with Gasteiger partial charge in [0.15, 0.2) is 11.5 Å². The number of rotatable bonds is 4. The first kappa shape index (κ1) is 20.7. The van der Waals surface area contributed by atoms with Crippen molar-refractivity contribution in [1.82, 2.24) is 24.1 Å². The highest BCUT2D eigenvalue weighted by Gasteiger charge is 2.37. The largest absolute Gasteiger partial charge is 0.352 e. The molecule has 8 nitrogen and oxygen atoms in total. The Kier molecular flexibility index (Phi) is 4.85. The first-order valence-corrected chi connectivity index (χ1v) is 11.5. The monoisotopic (exact) mass is 428 g/mol. The highest BCUT2D eigenvalue weighted by atomic mass is 32.2. The molecule has 0 saturated carbocycles. The minimum Gasteiger partial charge on any atom is -0.352 e. The van der Waals surface area contributed by atoms with E-state index in [-0.39, 0.29) is 11.5 Å². The molecule has 1 saturated heterocycles. The van der Waals surface area contributed by atoms with E-state index in [2.05, 4.69) is 35.9 Å². The third kappa shape index (κ3) is 3.45. The number of hydrogen-bond acceptors (Lipinski definition) is 6. The highest BCUT2D eigenvalue weighted by molar-refractivity contribution is 7.89. The molecule has 1 aliphatic heterocycles. The molecule has 4 rings (SSSR count). The van der Waals surface area contributed by atoms with Crippen LogP contribution >= 0.6 is 0 Å². The SMILES string of the molecule is Cc1ccc(S(=O)(=O)N(C)C2CN(c3ccc4nnc(C(C)(C)C)n4n3)C2)cc1C. The lowest BCUT2D eigenvalue weighted by molar-refractivity contribution is 0.308. The Labute approximate surface area is 177 Å². The maximum Gasteiger partial charge on any atom is 0.243 e. The lowest BCUT2D eigenvalue weighted by Crippen LogP contribution is -2.60. The van der Waals surface area contributed by atoms with E-state index in [1.165, 1.54) is 4.31 Å². The van der Waals surface area contributed by atoms with Gasteiger partial charge in [-0.1, -0.05) is 26.8 Å². The topological polar surface area (TPSA) is 83.7 Å². The predicted molar refractivity (Wildman–Crippen MR) is 116 cm³/mol. The summed E-state index contributed by atoms with van der Waals surface area (Å²) in [5.74, 6) is 1.59. The molecule has 0 amide bonds. The van der Waals surface area contributed by atoms with Crippen molar-refractivity contribution in [2.75, 3.05) is 25.0 Å². The van der Waals surface area contributed by atoms with Crippen LogP contribution in [0.15, 0.2) is 35.2 Å². The van der Waals surface area contributed by atoms with E-state index in [0.717, 1.165) is 22.8 Å². The standard InChI is InChI=1S/C21H28N6O2S/c1-14-7-8-17(11-15(14)2)30(28,29)25(6)16-12-26(13-16)19-10-9-18-22-23-20(21(3,4)5)27(18)24-19/h7-11,16H,12-13H2,1-6H3. The molecule has 1 fully saturated rings. The van der Waals surface area contributed by atoms with E-state index in [1.807, 2.05) is 32.0 Å². The summed E-state index contributed by atoms with van der Waals surface area (Å²) in [6.07, 6.45) is 0. The molecule has 30 heavy (non-hydrogen) atoms. The molecule has 0 spiro atoms. The van der Waals surface area contributed by atoms with Gasteiger partial charge in [-0.2, -0.15) is 8.82 Å². The fourth-order valence-electron chi connectivity index (χ4n) is 3.52. The van der Waals surface area contributed by atoms with E-state index in [1.54, 1.807) is 23.7 Å². The molecule has 1 aliphatic rings. The molecular weight excluding hydrogens is 400 g/mol. The molecule has 9 heteroatoms. The normalized spacial score (nSPS) is 15.8. The van der Waals surface area contributed by atoms with Crippen molar-refractivity contribution in [3.63, 3.8) is 0 Å². The number of aromatic nitrogens is 4. The Morgan fingerprint density at radius 3 is 2.37 bits per heavy atom. The lowest BCUT2D eigenvalue weighted by atomic mass is 9.96. The van der Waals surface area contributed by atoms with Gasteiger partial charge < -0.3 is 4.90 Å². The fourth-order valence-corrected chi connectivity index (χ4v) is 4.95. The molecule has 3 aromatic rings. The maximum absolute atomic E-state index is 13.0. The number of anilines is 1. The van der Waals surface area contributed by atoms with Crippen molar-refractivity contribution < 1.29 is 8.42 Å². The van der Waals surface area contributed by atoms with Gasteiger partial charge in [0.2, 0.25) is 10.0 Å². The van der Waals surface area contributed by atoms with Crippen LogP contribution in [0.4, 0.5) is 5.82 Å². The van der Waals surface area contributed by atoms with Gasteiger partial charge in [-0.05, 0) is 49.2 Å². The van der Waals surface area contributed by atoms with E-state index in [9.17, 15) is 8.42 Å². The van der Waals surface area contributed by atoms with Crippen LogP contribution in [0.2, 0.25) is 0 Å². The Hall–Kier alpha value is -2.52. The quantitative estimate of drug-likeness (QED) is 0.635. The minimum atomic E-state index is -3.53. The van der Waals surface area contributed by atoms with Gasteiger partial charge in [0.25, 0.3) is 0 Å². The molecule has 0 radical (unpaired) electrons. The summed E-state index contributed by atoms with van der Waals surface area (Å²) in [4.78, 5) is 2.41. The molecule has 0 N–H and O–H groups in total. The number of likely N-dealkylation sites (N-methyl/N-ethyl adjacent to an activating group) is 1. The van der Waals surface area contributed by atoms with Crippen molar-refractivity contribution in [3.8, 4) is 0 Å². The molecular formula is C21H28N6O2S. The summed E-state index contributed by atoms with van der Waals surface area (Å²) in [7, 11) is -1.88. The van der Waals surface area contributed by atoms with Gasteiger partial charge in [0.05, 0.1) is 10.9 Å². The predicted octanol–water partition coefficient (Wildman–Crippen LogP) is 2.55. The zero-order valence-corrected chi connectivity index (χ0v) is 19.1. The second-order valence-corrected chi connectivity index (χ2v) is 11.1. The van der Waals surface area contributed by atoms with Crippen molar-refractivity contribution in [1.29, 1.82) is 0 Å². The van der Waals surface area contributed by atoms with Gasteiger partial charge >= 0.3 is 0 Å². The van der Waals surface area contributed by atoms with Crippen LogP contribution in [0.3, 0.4) is 0 Å². The van der Waals surface area contributed by atoms with Gasteiger partial charge in [0.1, 0.15) is 5.82 Å². The van der Waals surface area contributed by atoms with E-state index < -0.39 is 10.0 Å². The van der Waals surface area contributed by atoms with Crippen LogP contribution in [0, 0.1) is 13.8 Å². The third-order valence-electron chi connectivity index (χ3n) is 5.78. The van der Waals surface area contributed by atoms with Gasteiger partial charge in [-0.25, -0.2) is 8.42 Å². The van der Waals surface area contributed by atoms with Gasteiger partial charge in [0, 0.05) is 25.6 Å². The number of aryl methyl sites for hydroxylation is 2. The minimum absolute atomic E-state index is 0.0999. The Morgan fingerprint density at radius 1 is 1.03 bits per heavy atom. The molecule has 0 unspecified atom stereocenters. The van der Waals surface area contributed by atoms with Crippen LogP contribution in [-0.2, 0) is 15.4 Å². The van der Waals surface area contributed by atoms with Crippen molar-refractivity contribution in [3.05, 3.63) is 47.3 Å². The second kappa shape index (κ2) is 7.02. The molecule has 2 aromatic heterocycles. The Balaban J connectivity index is 1.52. The summed E-state index contributed by atoms with van der Waals surface area (Å²) in [6, 6.07) is 8.98. The van der Waals surface area contributed by atoms with Crippen LogP contribution in [-0.4, -0.2) is 58.7 Å². The average molecular weight is 429 g/mol. The van der Waals surface area contributed by atoms with E-state index in [4.69, 9.17) is 5.10 Å². The van der Waals surface area contributed by atoms with Crippen LogP contribution in [0.1, 0.15) is 37.7 Å². The van der Waals surface area contributed by atoms with Crippen molar-refractivity contribution in [2.24, 2.45) is 0 Å². The average Bonchev–Trinajstić information content (AvgIpc) is 3.06. The number of sulfonamides is 1. The van der Waals surface area contributed by atoms with Crippen LogP contribution in [0.5, 0.6) is 0 Å². The maximum atomic E-state index is 13.0. The number of benzene rings is 1. The van der Waals surface area contributed by atoms with Gasteiger partial charge in [-0.15, -0.1) is 15.3 Å². The van der Waals surface area contributed by atoms with Crippen LogP contribution in [0.25, 0.3) is 5.65 Å². The number of fused-ring (bicyclic) bond motifs is 1. The summed E-state index contributed by atoms with van der Waals surface area (Å²) < 4.78 is 29.3. The third-order valence-corrected chi connectivity index (χ3v) is 7.68. The second-order valence-electron chi connectivity index (χ2n) is 9.06. The zero-order chi connectivity index (χ0) is 21.8. The Morgan fingerprint density at radius 2 is 1.73 bits per heavy atom. The van der Waals surface area contributed by atoms with E-state index in [0.29, 0.717) is 23.6 Å². The van der Waals surface area contributed by atoms with Crippen molar-refractivity contribution in [2.45, 2.75) is 51.0 Å². The first-order valence-electron chi connectivity index (χ1n) is 10.0. The summed E-state index contributed by atoms with van der Waals surface area (Å²) in [5.41, 5.74) is 2.58. The molecule has 1 aromatic carbocycles. The van der Waals surface area contributed by atoms with Crippen molar-refractivity contribution >= 4 is 21.5 Å². The zero-order valence-electron chi connectivity index (χ0n) is 18.3. The summed E-state index contributed by atoms with van der Waals surface area (Å²) >= 11 is 0. The molecule has 0 aliphatic carbocycles. The molecule has 160 valence electrons. The highest BCUT2D eigenvalue weighted by Crippen LogP contribution is 2.27. The summed E-state index contributed by atoms with van der Waals surface area (Å²) in [5, 5.41) is 13.2. The first-order chi connectivity index (χ1) is 14.0. The van der Waals surface area contributed by atoms with Gasteiger partial charge in [-0.3, -0.25) is 0 Å². The van der Waals surface area contributed by atoms with E-state index >= 15 is 0 Å². The Bertz CT molecular complexity index is 1210. The summed E-state index contributed by atoms with van der Waals surface area (Å²) in [6.45, 7) is 11.3. The smallest absolute Gasteiger partial charge is 0.243 e. The lowest BCUT2D eigenvalue weighted by Gasteiger charge is -2.43. The van der Waals surface area contributed by atoms with Crippen LogP contribution < -0.4 is 4.90 Å². The number of hydrogen-bond donors (Lipinski definition) is 0. The molecule has 0 bridgehead atoms. The molecule has 0 atom stereocenters. The number of nitrogens with zero attached hydrogens (tertiary/aromatic N) is 6. The molecule has 3 heterocycles.